The summed E-state index contributed by atoms with van der Waals surface area (Å²) in [4.78, 5) is 36.7. The number of nitrogens with zero attached hydrogens (tertiary/aromatic N) is 1. The number of carboxylic acids is 1. The van der Waals surface area contributed by atoms with Gasteiger partial charge >= 0.3 is 11.9 Å². The Kier molecular flexibility index (Phi) is 7.67. The van der Waals surface area contributed by atoms with E-state index in [0.29, 0.717) is 18.9 Å². The first-order valence-electron chi connectivity index (χ1n) is 7.42. The monoisotopic (exact) mass is 332 g/mol. The van der Waals surface area contributed by atoms with E-state index in [4.69, 9.17) is 4.74 Å². The molecule has 126 valence electrons. The highest BCUT2D eigenvalue weighted by atomic mass is 32.2. The minimum atomic E-state index is -0.997. The van der Waals surface area contributed by atoms with Crippen molar-refractivity contribution < 1.29 is 24.2 Å². The Morgan fingerprint density at radius 2 is 2.05 bits per heavy atom. The summed E-state index contributed by atoms with van der Waals surface area (Å²) in [6.07, 6.45) is 0.735. The Morgan fingerprint density at radius 1 is 1.36 bits per heavy atom. The predicted molar refractivity (Wildman–Crippen MR) is 83.8 cm³/mol. The lowest BCUT2D eigenvalue weighted by Gasteiger charge is -2.35. The summed E-state index contributed by atoms with van der Waals surface area (Å²) in [5, 5.41) is 12.1. The van der Waals surface area contributed by atoms with Crippen LogP contribution in [0.15, 0.2) is 0 Å². The minimum absolute atomic E-state index is 0.303. The van der Waals surface area contributed by atoms with E-state index in [0.717, 1.165) is 12.2 Å². The van der Waals surface area contributed by atoms with Crippen molar-refractivity contribution in [2.24, 2.45) is 0 Å². The zero-order valence-electron chi connectivity index (χ0n) is 13.2. The van der Waals surface area contributed by atoms with Gasteiger partial charge in [0.1, 0.15) is 12.1 Å². The highest BCUT2D eigenvalue weighted by molar-refractivity contribution is 7.99. The van der Waals surface area contributed by atoms with E-state index in [1.165, 1.54) is 16.7 Å². The van der Waals surface area contributed by atoms with Gasteiger partial charge in [-0.1, -0.05) is 6.92 Å². The summed E-state index contributed by atoms with van der Waals surface area (Å²) in [5.41, 5.74) is 0. The van der Waals surface area contributed by atoms with Crippen LogP contribution in [0.3, 0.4) is 0 Å². The van der Waals surface area contributed by atoms with Gasteiger partial charge in [0.05, 0.1) is 12.6 Å². The number of ether oxygens (including phenoxy) is 1. The first-order chi connectivity index (χ1) is 10.4. The lowest BCUT2D eigenvalue weighted by atomic mass is 10.2. The first kappa shape index (κ1) is 18.8. The Labute approximate surface area is 134 Å². The molecule has 1 aliphatic rings. The Balaban J connectivity index is 2.59. The fraction of sp³-hybridized carbons (Fsp3) is 0.786. The smallest absolute Gasteiger partial charge is 0.327 e. The fourth-order valence-corrected chi connectivity index (χ4v) is 3.20. The highest BCUT2D eigenvalue weighted by Crippen LogP contribution is 2.17. The number of hydrogen-bond acceptors (Lipinski definition) is 6. The molecule has 0 radical (unpaired) electrons. The molecule has 3 unspecified atom stereocenters. The second kappa shape index (κ2) is 8.99. The largest absolute Gasteiger partial charge is 0.480 e. The molecule has 1 fully saturated rings. The van der Waals surface area contributed by atoms with E-state index < -0.39 is 30.1 Å². The van der Waals surface area contributed by atoms with Gasteiger partial charge in [-0.3, -0.25) is 14.9 Å². The van der Waals surface area contributed by atoms with E-state index in [1.54, 1.807) is 13.8 Å². The predicted octanol–water partition coefficient (Wildman–Crippen LogP) is 0.335. The molecule has 0 aromatic rings. The first-order valence-corrected chi connectivity index (χ1v) is 8.57. The Bertz CT molecular complexity index is 418. The number of nitrogens with one attached hydrogen (secondary N) is 1. The molecule has 3 atom stereocenters. The van der Waals surface area contributed by atoms with E-state index in [-0.39, 0.29) is 5.91 Å². The molecule has 1 saturated heterocycles. The summed E-state index contributed by atoms with van der Waals surface area (Å²) in [6.45, 7) is 5.91. The molecule has 0 aliphatic carbocycles. The van der Waals surface area contributed by atoms with Gasteiger partial charge < -0.3 is 14.7 Å². The summed E-state index contributed by atoms with van der Waals surface area (Å²) in [6, 6.07) is -2.07. The molecule has 1 heterocycles. The topological polar surface area (TPSA) is 95.9 Å². The van der Waals surface area contributed by atoms with Crippen molar-refractivity contribution in [3.8, 4) is 0 Å². The Morgan fingerprint density at radius 3 is 2.64 bits per heavy atom. The molecular formula is C14H24N2O5S. The standard InChI is InChI=1S/C14H24N2O5S/c1-4-6-21-14(20)10(3)15-9(2)12(17)16-5-7-22-8-11(16)13(18)19/h9-11,15H,4-8H2,1-3H3,(H,18,19). The molecule has 2 N–H and O–H groups in total. The second-order valence-corrected chi connectivity index (χ2v) is 6.39. The fourth-order valence-electron chi connectivity index (χ4n) is 2.16. The van der Waals surface area contributed by atoms with Crippen molar-refractivity contribution in [2.45, 2.75) is 45.3 Å². The minimum Gasteiger partial charge on any atom is -0.480 e. The van der Waals surface area contributed by atoms with Gasteiger partial charge in [0.15, 0.2) is 0 Å². The number of amides is 1. The van der Waals surface area contributed by atoms with Crippen molar-refractivity contribution in [1.82, 2.24) is 10.2 Å². The number of thioether (sulfide) groups is 1. The molecule has 0 bridgehead atoms. The quantitative estimate of drug-likeness (QED) is 0.649. The molecule has 22 heavy (non-hydrogen) atoms. The summed E-state index contributed by atoms with van der Waals surface area (Å²) < 4.78 is 5.01. The average molecular weight is 332 g/mol. The van der Waals surface area contributed by atoms with Gasteiger partial charge in [0.2, 0.25) is 5.91 Å². The van der Waals surface area contributed by atoms with Crippen LogP contribution in [0.2, 0.25) is 0 Å². The van der Waals surface area contributed by atoms with Crippen LogP contribution < -0.4 is 5.32 Å². The number of carboxylic acid groups (broad SMARTS) is 1. The number of hydrogen-bond donors (Lipinski definition) is 2. The van der Waals surface area contributed by atoms with Gasteiger partial charge in [-0.15, -0.1) is 0 Å². The number of aliphatic carboxylic acids is 1. The molecular weight excluding hydrogens is 308 g/mol. The number of rotatable bonds is 7. The average Bonchev–Trinajstić information content (AvgIpc) is 2.51. The molecule has 0 saturated carbocycles. The van der Waals surface area contributed by atoms with Gasteiger partial charge in [-0.25, -0.2) is 4.79 Å². The SMILES string of the molecule is CCCOC(=O)C(C)NC(C)C(=O)N1CCSCC1C(=O)O. The van der Waals surface area contributed by atoms with Crippen LogP contribution >= 0.6 is 11.8 Å². The molecule has 1 amide bonds. The summed E-state index contributed by atoms with van der Waals surface area (Å²) in [5.74, 6) is -0.602. The van der Waals surface area contributed by atoms with Gasteiger partial charge in [0, 0.05) is 18.1 Å². The third-order valence-electron chi connectivity index (χ3n) is 3.37. The van der Waals surface area contributed by atoms with Crippen LogP contribution in [0.1, 0.15) is 27.2 Å². The molecule has 0 aromatic heterocycles. The van der Waals surface area contributed by atoms with Crippen LogP contribution in [0.25, 0.3) is 0 Å². The third-order valence-corrected chi connectivity index (χ3v) is 4.39. The Hall–Kier alpha value is -1.28. The maximum Gasteiger partial charge on any atom is 0.327 e. The van der Waals surface area contributed by atoms with Crippen molar-refractivity contribution in [3.63, 3.8) is 0 Å². The normalized spacial score (nSPS) is 21.0. The third kappa shape index (κ3) is 5.17. The van der Waals surface area contributed by atoms with Crippen molar-refractivity contribution >= 4 is 29.6 Å². The zero-order chi connectivity index (χ0) is 16.7. The van der Waals surface area contributed by atoms with Crippen LogP contribution in [0.5, 0.6) is 0 Å². The van der Waals surface area contributed by atoms with Crippen molar-refractivity contribution in [3.05, 3.63) is 0 Å². The summed E-state index contributed by atoms with van der Waals surface area (Å²) >= 11 is 1.52. The number of esters is 1. The van der Waals surface area contributed by atoms with Gasteiger partial charge in [0.25, 0.3) is 0 Å². The molecule has 1 aliphatic heterocycles. The van der Waals surface area contributed by atoms with E-state index in [1.807, 2.05) is 6.92 Å². The lowest BCUT2D eigenvalue weighted by Crippen LogP contribution is -2.57. The highest BCUT2D eigenvalue weighted by Gasteiger charge is 2.35. The summed E-state index contributed by atoms with van der Waals surface area (Å²) in [7, 11) is 0. The number of carbonyl (C=O) groups is 3. The molecule has 8 heteroatoms. The van der Waals surface area contributed by atoms with Crippen LogP contribution in [-0.2, 0) is 19.1 Å². The second-order valence-electron chi connectivity index (χ2n) is 5.24. The van der Waals surface area contributed by atoms with E-state index in [2.05, 4.69) is 5.32 Å². The molecule has 0 aromatic carbocycles. The maximum absolute atomic E-state index is 12.4. The van der Waals surface area contributed by atoms with E-state index in [9.17, 15) is 19.5 Å². The van der Waals surface area contributed by atoms with Crippen LogP contribution in [-0.4, -0.2) is 70.6 Å². The number of carbonyl (C=O) groups excluding carboxylic acids is 2. The maximum atomic E-state index is 12.4. The molecule has 1 rings (SSSR count). The lowest BCUT2D eigenvalue weighted by molar-refractivity contribution is -0.151. The molecule has 0 spiro atoms. The molecule has 7 nitrogen and oxygen atoms in total. The van der Waals surface area contributed by atoms with Crippen LogP contribution in [0, 0.1) is 0 Å². The van der Waals surface area contributed by atoms with Crippen molar-refractivity contribution in [2.75, 3.05) is 24.7 Å². The van der Waals surface area contributed by atoms with E-state index >= 15 is 0 Å². The van der Waals surface area contributed by atoms with Gasteiger partial charge in [-0.05, 0) is 20.3 Å². The van der Waals surface area contributed by atoms with Crippen LogP contribution in [0.4, 0.5) is 0 Å². The zero-order valence-corrected chi connectivity index (χ0v) is 14.0. The van der Waals surface area contributed by atoms with Gasteiger partial charge in [-0.2, -0.15) is 11.8 Å². The van der Waals surface area contributed by atoms with Crippen molar-refractivity contribution in [1.29, 1.82) is 0 Å².